The summed E-state index contributed by atoms with van der Waals surface area (Å²) in [7, 11) is 0. The van der Waals surface area contributed by atoms with Crippen LogP contribution in [0.1, 0.15) is 48.4 Å². The first-order valence-corrected chi connectivity index (χ1v) is 8.25. The van der Waals surface area contributed by atoms with Gasteiger partial charge in [-0.25, -0.2) is 0 Å². The maximum absolute atomic E-state index is 5.34. The molecular weight excluding hydrogens is 278 g/mol. The van der Waals surface area contributed by atoms with Gasteiger partial charge in [0.05, 0.1) is 5.69 Å². The van der Waals surface area contributed by atoms with Crippen LogP contribution in [0.2, 0.25) is 0 Å². The fraction of sp³-hybridized carbons (Fsp3) is 0.688. The van der Waals surface area contributed by atoms with E-state index in [0.717, 1.165) is 49.0 Å². The highest BCUT2D eigenvalue weighted by atomic mass is 16.5. The number of hydrogen-bond acceptors (Lipinski definition) is 5. The van der Waals surface area contributed by atoms with Crippen LogP contribution in [0.4, 0.5) is 0 Å². The SMILES string of the molecule is CCc1nnc2n1CC1CCC(C2)N1Cc1c(C)noc1C. The number of rotatable bonds is 3. The maximum atomic E-state index is 5.34. The summed E-state index contributed by atoms with van der Waals surface area (Å²) in [6.07, 6.45) is 4.47. The molecule has 2 aromatic rings. The van der Waals surface area contributed by atoms with Crippen molar-refractivity contribution in [2.24, 2.45) is 0 Å². The molecule has 2 aliphatic heterocycles. The largest absolute Gasteiger partial charge is 0.361 e. The average molecular weight is 301 g/mol. The normalized spacial score (nSPS) is 24.5. The van der Waals surface area contributed by atoms with E-state index in [9.17, 15) is 0 Å². The van der Waals surface area contributed by atoms with Gasteiger partial charge in [0, 0.05) is 43.6 Å². The predicted molar refractivity (Wildman–Crippen MR) is 81.4 cm³/mol. The van der Waals surface area contributed by atoms with Crippen LogP contribution < -0.4 is 0 Å². The van der Waals surface area contributed by atoms with Crippen LogP contribution in [0.25, 0.3) is 0 Å². The maximum Gasteiger partial charge on any atom is 0.138 e. The fourth-order valence-corrected chi connectivity index (χ4v) is 4.02. The van der Waals surface area contributed by atoms with Crippen molar-refractivity contribution < 1.29 is 4.52 Å². The van der Waals surface area contributed by atoms with Crippen molar-refractivity contribution in [3.05, 3.63) is 28.7 Å². The van der Waals surface area contributed by atoms with Crippen molar-refractivity contribution >= 4 is 0 Å². The molecule has 0 radical (unpaired) electrons. The molecule has 1 fully saturated rings. The zero-order valence-corrected chi connectivity index (χ0v) is 13.5. The highest BCUT2D eigenvalue weighted by Crippen LogP contribution is 2.33. The van der Waals surface area contributed by atoms with Crippen LogP contribution >= 0.6 is 0 Å². The predicted octanol–water partition coefficient (Wildman–Crippen LogP) is 2.03. The summed E-state index contributed by atoms with van der Waals surface area (Å²) in [6.45, 7) is 8.17. The third-order valence-electron chi connectivity index (χ3n) is 5.32. The molecule has 2 bridgehead atoms. The Morgan fingerprint density at radius 3 is 2.73 bits per heavy atom. The molecule has 118 valence electrons. The van der Waals surface area contributed by atoms with Crippen molar-refractivity contribution in [1.82, 2.24) is 24.8 Å². The molecule has 22 heavy (non-hydrogen) atoms. The van der Waals surface area contributed by atoms with E-state index >= 15 is 0 Å². The Bertz CT molecular complexity index is 669. The number of fused-ring (bicyclic) bond motifs is 3. The molecule has 6 nitrogen and oxygen atoms in total. The highest BCUT2D eigenvalue weighted by Gasteiger charge is 2.38. The average Bonchev–Trinajstić information content (AvgIpc) is 3.11. The fourth-order valence-electron chi connectivity index (χ4n) is 4.02. The lowest BCUT2D eigenvalue weighted by atomic mass is 10.1. The zero-order valence-electron chi connectivity index (χ0n) is 13.5. The van der Waals surface area contributed by atoms with Crippen molar-refractivity contribution in [3.8, 4) is 0 Å². The van der Waals surface area contributed by atoms with E-state index in [0.29, 0.717) is 12.1 Å². The second-order valence-electron chi connectivity index (χ2n) is 6.56. The summed E-state index contributed by atoms with van der Waals surface area (Å²) < 4.78 is 7.69. The first kappa shape index (κ1) is 13.9. The third kappa shape index (κ3) is 2.08. The van der Waals surface area contributed by atoms with Crippen LogP contribution in [0.3, 0.4) is 0 Å². The first-order chi connectivity index (χ1) is 10.7. The van der Waals surface area contributed by atoms with Gasteiger partial charge >= 0.3 is 0 Å². The zero-order chi connectivity index (χ0) is 15.3. The van der Waals surface area contributed by atoms with Crippen molar-refractivity contribution in [3.63, 3.8) is 0 Å². The molecule has 0 saturated carbocycles. The van der Waals surface area contributed by atoms with Crippen LogP contribution in [0, 0.1) is 13.8 Å². The van der Waals surface area contributed by atoms with E-state index in [4.69, 9.17) is 4.52 Å². The van der Waals surface area contributed by atoms with Gasteiger partial charge in [-0.05, 0) is 26.7 Å². The molecular formula is C16H23N5O. The summed E-state index contributed by atoms with van der Waals surface area (Å²) >= 11 is 0. The van der Waals surface area contributed by atoms with E-state index < -0.39 is 0 Å². The molecule has 0 spiro atoms. The number of nitrogens with zero attached hydrogens (tertiary/aromatic N) is 5. The quantitative estimate of drug-likeness (QED) is 0.868. The van der Waals surface area contributed by atoms with E-state index in [1.165, 1.54) is 18.4 Å². The molecule has 0 N–H and O–H groups in total. The van der Waals surface area contributed by atoms with Gasteiger partial charge in [-0.15, -0.1) is 10.2 Å². The van der Waals surface area contributed by atoms with Crippen molar-refractivity contribution in [2.75, 3.05) is 0 Å². The van der Waals surface area contributed by atoms with Gasteiger partial charge in [0.25, 0.3) is 0 Å². The lowest BCUT2D eigenvalue weighted by Crippen LogP contribution is -2.36. The topological polar surface area (TPSA) is 60.0 Å². The Morgan fingerprint density at radius 1 is 1.18 bits per heavy atom. The molecule has 6 heteroatoms. The first-order valence-electron chi connectivity index (χ1n) is 8.25. The summed E-state index contributed by atoms with van der Waals surface area (Å²) in [5, 5.41) is 12.9. The monoisotopic (exact) mass is 301 g/mol. The van der Waals surface area contributed by atoms with Gasteiger partial charge < -0.3 is 9.09 Å². The standard InChI is InChI=1S/C16H23N5O/c1-4-15-17-18-16-7-12-5-6-13(8-21(15)16)20(12)9-14-10(2)19-22-11(14)3/h12-13H,4-9H2,1-3H3. The van der Waals surface area contributed by atoms with Gasteiger partial charge in [-0.2, -0.15) is 0 Å². The Hall–Kier alpha value is -1.69. The van der Waals surface area contributed by atoms with Crippen LogP contribution in [0.5, 0.6) is 0 Å². The molecule has 4 rings (SSSR count). The molecule has 4 heterocycles. The molecule has 2 atom stereocenters. The Balaban J connectivity index is 1.63. The lowest BCUT2D eigenvalue weighted by molar-refractivity contribution is 0.178. The van der Waals surface area contributed by atoms with Crippen molar-refractivity contribution in [1.29, 1.82) is 0 Å². The minimum absolute atomic E-state index is 0.564. The second-order valence-corrected chi connectivity index (χ2v) is 6.56. The molecule has 2 aromatic heterocycles. The van der Waals surface area contributed by atoms with Crippen LogP contribution in [-0.4, -0.2) is 36.9 Å². The van der Waals surface area contributed by atoms with Gasteiger partial charge in [0.15, 0.2) is 0 Å². The van der Waals surface area contributed by atoms with E-state index in [1.54, 1.807) is 0 Å². The van der Waals surface area contributed by atoms with Gasteiger partial charge in [-0.3, -0.25) is 4.90 Å². The summed E-state index contributed by atoms with van der Waals surface area (Å²) in [4.78, 5) is 2.64. The summed E-state index contributed by atoms with van der Waals surface area (Å²) in [6, 6.07) is 1.13. The number of aryl methyl sites for hydroxylation is 3. The second kappa shape index (κ2) is 5.19. The Morgan fingerprint density at radius 2 is 2.00 bits per heavy atom. The number of hydrogen-bond donors (Lipinski definition) is 0. The highest BCUT2D eigenvalue weighted by molar-refractivity contribution is 5.21. The molecule has 0 amide bonds. The van der Waals surface area contributed by atoms with Crippen molar-refractivity contribution in [2.45, 2.75) is 71.6 Å². The van der Waals surface area contributed by atoms with Gasteiger partial charge in [0.2, 0.25) is 0 Å². The molecule has 0 aliphatic carbocycles. The lowest BCUT2D eigenvalue weighted by Gasteiger charge is -2.27. The van der Waals surface area contributed by atoms with E-state index in [1.807, 2.05) is 13.8 Å². The van der Waals surface area contributed by atoms with E-state index in [-0.39, 0.29) is 0 Å². The Kier molecular flexibility index (Phi) is 3.29. The summed E-state index contributed by atoms with van der Waals surface area (Å²) in [5.74, 6) is 3.24. The Labute approximate surface area is 130 Å². The molecule has 0 aromatic carbocycles. The van der Waals surface area contributed by atoms with Crippen LogP contribution in [0.15, 0.2) is 4.52 Å². The van der Waals surface area contributed by atoms with Crippen LogP contribution in [-0.2, 0) is 25.9 Å². The third-order valence-corrected chi connectivity index (χ3v) is 5.32. The van der Waals surface area contributed by atoms with Gasteiger partial charge in [-0.1, -0.05) is 12.1 Å². The molecule has 2 aliphatic rings. The smallest absolute Gasteiger partial charge is 0.138 e. The van der Waals surface area contributed by atoms with Gasteiger partial charge in [0.1, 0.15) is 17.4 Å². The minimum Gasteiger partial charge on any atom is -0.361 e. The minimum atomic E-state index is 0.564. The molecule has 2 unspecified atom stereocenters. The number of aromatic nitrogens is 4. The van der Waals surface area contributed by atoms with E-state index in [2.05, 4.69) is 31.7 Å². The summed E-state index contributed by atoms with van der Waals surface area (Å²) in [5.41, 5.74) is 2.28. The molecule has 1 saturated heterocycles.